The summed E-state index contributed by atoms with van der Waals surface area (Å²) in [5.74, 6) is -5.39. The molecule has 51 heavy (non-hydrogen) atoms. The second-order valence-electron chi connectivity index (χ2n) is 14.5. The van der Waals surface area contributed by atoms with Gasteiger partial charge in [-0.25, -0.2) is 4.79 Å². The highest BCUT2D eigenvalue weighted by Crippen LogP contribution is 2.38. The molecule has 11 atom stereocenters. The second-order valence-corrected chi connectivity index (χ2v) is 14.5. The predicted octanol–water partition coefficient (Wildman–Crippen LogP) is 4.83. The van der Waals surface area contributed by atoms with Crippen molar-refractivity contribution in [3.05, 3.63) is 58.0 Å². The number of carbonyl (C=O) groups is 4. The van der Waals surface area contributed by atoms with Gasteiger partial charge < -0.3 is 33.7 Å². The third kappa shape index (κ3) is 10.2. The molecule has 2 heterocycles. The van der Waals surface area contributed by atoms with Gasteiger partial charge in [-0.2, -0.15) is 0 Å². The Morgan fingerprint density at radius 1 is 1.12 bits per heavy atom. The fraction of sp³-hybridized carbons (Fsp3) is 0.676. The van der Waals surface area contributed by atoms with Gasteiger partial charge in [0.25, 0.3) is 0 Å². The van der Waals surface area contributed by atoms with Crippen LogP contribution in [-0.4, -0.2) is 109 Å². The number of ketones is 2. The van der Waals surface area contributed by atoms with Crippen LogP contribution in [0.4, 0.5) is 0 Å². The van der Waals surface area contributed by atoms with Gasteiger partial charge in [-0.05, 0) is 97.3 Å². The zero-order chi connectivity index (χ0) is 38.3. The Kier molecular flexibility index (Phi) is 14.5. The first-order chi connectivity index (χ1) is 23.9. The summed E-state index contributed by atoms with van der Waals surface area (Å²) in [6.07, 6.45) is -2.94. The van der Waals surface area contributed by atoms with E-state index in [1.807, 2.05) is 25.9 Å². The minimum absolute atomic E-state index is 0.0619. The van der Waals surface area contributed by atoms with Gasteiger partial charge in [-0.15, -0.1) is 0 Å². The molecule has 2 aliphatic rings. The first-order valence-corrected chi connectivity index (χ1v) is 17.4. The number of cyclic esters (lactones) is 1. The standard InChI is InChI=1S/C37H54N4O10/c1-21-19-36(6,46)28(16-17-39-40-38)49-33(44)25(5)30(43)24(4)32(37(7,47-10)20-22(2)29(21)42)51-35-31(27(41(8)9)18-23(3)48-35)50-34(45)26-14-12-11-13-15-26/h11-15,19,22-25,27-28,31-32,35,46H,16-18,20H2,1-10H3/b21-19+/t22-,23?,24+,25-,27?,28-,31?,32-,35?,36+,37-/m1/s1. The van der Waals surface area contributed by atoms with Crippen molar-refractivity contribution in [2.75, 3.05) is 27.7 Å². The van der Waals surface area contributed by atoms with Gasteiger partial charge >= 0.3 is 11.9 Å². The van der Waals surface area contributed by atoms with Crippen molar-refractivity contribution < 1.29 is 48.0 Å². The average Bonchev–Trinajstić information content (AvgIpc) is 3.08. The number of aliphatic hydroxyl groups is 1. The van der Waals surface area contributed by atoms with Crippen molar-refractivity contribution in [3.8, 4) is 0 Å². The highest BCUT2D eigenvalue weighted by atomic mass is 16.7. The molecule has 14 nitrogen and oxygen atoms in total. The Balaban J connectivity index is 2.12. The number of esters is 2. The van der Waals surface area contributed by atoms with Gasteiger partial charge in [0, 0.05) is 30.4 Å². The molecular weight excluding hydrogens is 660 g/mol. The second kappa shape index (κ2) is 17.7. The molecule has 14 heteroatoms. The summed E-state index contributed by atoms with van der Waals surface area (Å²) in [5, 5.41) is 14.9. The number of azide groups is 1. The summed E-state index contributed by atoms with van der Waals surface area (Å²) in [7, 11) is 5.18. The van der Waals surface area contributed by atoms with Crippen LogP contribution in [0.15, 0.2) is 47.1 Å². The Labute approximate surface area is 300 Å². The predicted molar refractivity (Wildman–Crippen MR) is 187 cm³/mol. The normalized spacial score (nSPS) is 36.7. The van der Waals surface area contributed by atoms with Crippen molar-refractivity contribution in [2.45, 2.75) is 116 Å². The van der Waals surface area contributed by atoms with Crippen LogP contribution in [0.25, 0.3) is 10.4 Å². The highest BCUT2D eigenvalue weighted by Gasteiger charge is 2.51. The van der Waals surface area contributed by atoms with Crippen molar-refractivity contribution in [1.29, 1.82) is 0 Å². The lowest BCUT2D eigenvalue weighted by Crippen LogP contribution is -2.60. The van der Waals surface area contributed by atoms with Crippen molar-refractivity contribution >= 4 is 23.5 Å². The molecule has 0 saturated carbocycles. The lowest BCUT2D eigenvalue weighted by atomic mass is 9.77. The first kappa shape index (κ1) is 41.8. The van der Waals surface area contributed by atoms with Crippen LogP contribution < -0.4 is 0 Å². The average molecular weight is 715 g/mol. The highest BCUT2D eigenvalue weighted by molar-refractivity contribution is 6.00. The van der Waals surface area contributed by atoms with Crippen LogP contribution in [0, 0.1) is 17.8 Å². The minimum atomic E-state index is -1.83. The summed E-state index contributed by atoms with van der Waals surface area (Å²) >= 11 is 0. The molecule has 1 N–H and O–H groups in total. The maximum atomic E-state index is 14.2. The zero-order valence-electron chi connectivity index (χ0n) is 31.4. The Hall–Kier alpha value is -3.65. The lowest BCUT2D eigenvalue weighted by Gasteiger charge is -2.47. The van der Waals surface area contributed by atoms with E-state index in [0.717, 1.165) is 0 Å². The summed E-state index contributed by atoms with van der Waals surface area (Å²) in [5.41, 5.74) is 6.21. The summed E-state index contributed by atoms with van der Waals surface area (Å²) in [6.45, 7) is 11.2. The lowest BCUT2D eigenvalue weighted by molar-refractivity contribution is -0.294. The summed E-state index contributed by atoms with van der Waals surface area (Å²) in [6, 6.07) is 8.21. The maximum Gasteiger partial charge on any atom is 0.338 e. The van der Waals surface area contributed by atoms with Crippen molar-refractivity contribution in [2.24, 2.45) is 22.9 Å². The molecule has 1 aromatic carbocycles. The van der Waals surface area contributed by atoms with Crippen LogP contribution >= 0.6 is 0 Å². The molecule has 0 aliphatic carbocycles. The van der Waals surface area contributed by atoms with E-state index in [0.29, 0.717) is 12.0 Å². The number of rotatable bonds is 9. The smallest absolute Gasteiger partial charge is 0.338 e. The molecule has 0 amide bonds. The SMILES string of the molecule is CO[C@]1(C)C[C@@H](C)C(=O)/C(C)=C/[C@](C)(O)[C@@H](CCN=[N+]=[N-])OC(=O)[C@H](C)C(=O)[C@H](C)[C@H]1OC1OC(C)CC(N(C)C)C1OC(=O)c1ccccc1. The number of benzene rings is 1. The maximum absolute atomic E-state index is 14.2. The Bertz CT molecular complexity index is 1480. The molecule has 1 fully saturated rings. The van der Waals surface area contributed by atoms with E-state index in [1.165, 1.54) is 27.0 Å². The number of ether oxygens (including phenoxy) is 5. The Morgan fingerprint density at radius 3 is 2.35 bits per heavy atom. The van der Waals surface area contributed by atoms with Crippen LogP contribution in [0.1, 0.15) is 78.1 Å². The topological polar surface area (TPSA) is 187 Å². The number of hydrogen-bond donors (Lipinski definition) is 1. The van der Waals surface area contributed by atoms with Gasteiger partial charge in [0.15, 0.2) is 24.0 Å². The molecular formula is C37H54N4O10. The van der Waals surface area contributed by atoms with E-state index in [9.17, 15) is 24.3 Å². The van der Waals surface area contributed by atoms with Crippen LogP contribution in [0.2, 0.25) is 0 Å². The number of Topliss-reactive ketones (excluding diaryl/α,β-unsaturated/α-hetero) is 2. The molecule has 0 spiro atoms. The molecule has 1 saturated heterocycles. The number of carbonyl (C=O) groups excluding carboxylic acids is 4. The van der Waals surface area contributed by atoms with E-state index in [4.69, 9.17) is 29.2 Å². The Morgan fingerprint density at radius 2 is 1.76 bits per heavy atom. The monoisotopic (exact) mass is 714 g/mol. The van der Waals surface area contributed by atoms with E-state index in [2.05, 4.69) is 10.0 Å². The van der Waals surface area contributed by atoms with Gasteiger partial charge in [-0.3, -0.25) is 14.4 Å². The fourth-order valence-corrected chi connectivity index (χ4v) is 7.07. The summed E-state index contributed by atoms with van der Waals surface area (Å²) < 4.78 is 31.0. The largest absolute Gasteiger partial charge is 0.458 e. The molecule has 0 aromatic heterocycles. The van der Waals surface area contributed by atoms with Crippen LogP contribution in [0.3, 0.4) is 0 Å². The van der Waals surface area contributed by atoms with Gasteiger partial charge in [0.2, 0.25) is 0 Å². The number of hydrogen-bond acceptors (Lipinski definition) is 12. The third-order valence-corrected chi connectivity index (χ3v) is 10.1. The number of likely N-dealkylation sites (N-methyl/N-ethyl adjacent to an activating group) is 1. The van der Waals surface area contributed by atoms with Gasteiger partial charge in [0.05, 0.1) is 29.4 Å². The van der Waals surface area contributed by atoms with E-state index < -0.39 is 71.3 Å². The van der Waals surface area contributed by atoms with Crippen LogP contribution in [-0.2, 0) is 38.1 Å². The molecule has 2 aliphatic heterocycles. The molecule has 0 bridgehead atoms. The summed E-state index contributed by atoms with van der Waals surface area (Å²) in [4.78, 5) is 59.6. The minimum Gasteiger partial charge on any atom is -0.458 e. The van der Waals surface area contributed by atoms with E-state index in [-0.39, 0.29) is 42.9 Å². The third-order valence-electron chi connectivity index (χ3n) is 10.1. The van der Waals surface area contributed by atoms with E-state index in [1.54, 1.807) is 58.0 Å². The number of nitrogens with zero attached hydrogens (tertiary/aromatic N) is 4. The van der Waals surface area contributed by atoms with Crippen molar-refractivity contribution in [1.82, 2.24) is 4.90 Å². The van der Waals surface area contributed by atoms with Crippen molar-refractivity contribution in [3.63, 3.8) is 0 Å². The fourth-order valence-electron chi connectivity index (χ4n) is 7.07. The van der Waals surface area contributed by atoms with Gasteiger partial charge in [0.1, 0.15) is 17.6 Å². The first-order valence-electron chi connectivity index (χ1n) is 17.4. The molecule has 1 aromatic rings. The number of methoxy groups -OCH3 is 1. The zero-order valence-corrected chi connectivity index (χ0v) is 31.4. The quantitative estimate of drug-likeness (QED) is 0.121. The van der Waals surface area contributed by atoms with E-state index >= 15 is 0 Å². The van der Waals surface area contributed by atoms with Crippen LogP contribution in [0.5, 0.6) is 0 Å². The van der Waals surface area contributed by atoms with Gasteiger partial charge in [-0.1, -0.05) is 37.2 Å². The number of allylic oxidation sites excluding steroid dienone is 1. The molecule has 282 valence electrons. The molecule has 4 unspecified atom stereocenters. The molecule has 0 radical (unpaired) electrons. The molecule has 3 rings (SSSR count).